The van der Waals surface area contributed by atoms with Crippen LogP contribution in [0.1, 0.15) is 17.1 Å². The largest absolute Gasteiger partial charge is 0.338 e. The van der Waals surface area contributed by atoms with Crippen molar-refractivity contribution in [3.63, 3.8) is 0 Å². The van der Waals surface area contributed by atoms with Crippen LogP contribution in [0.3, 0.4) is 0 Å². The summed E-state index contributed by atoms with van der Waals surface area (Å²) in [6.07, 6.45) is 1.64. The van der Waals surface area contributed by atoms with Crippen molar-refractivity contribution >= 4 is 5.95 Å². The molecule has 1 saturated heterocycles. The van der Waals surface area contributed by atoms with Gasteiger partial charge in [-0.25, -0.2) is 14.4 Å². The zero-order chi connectivity index (χ0) is 15.5. The molecule has 0 unspecified atom stereocenters. The van der Waals surface area contributed by atoms with E-state index in [9.17, 15) is 4.39 Å². The van der Waals surface area contributed by atoms with Gasteiger partial charge in [0.15, 0.2) is 0 Å². The Morgan fingerprint density at radius 3 is 2.41 bits per heavy atom. The molecule has 0 aliphatic carbocycles. The van der Waals surface area contributed by atoms with Crippen LogP contribution in [0.5, 0.6) is 0 Å². The number of aryl methyl sites for hydroxylation is 2. The maximum atomic E-state index is 13.7. The van der Waals surface area contributed by atoms with Crippen LogP contribution in [0, 0.1) is 19.7 Å². The molecule has 116 valence electrons. The second-order valence-corrected chi connectivity index (χ2v) is 5.65. The summed E-state index contributed by atoms with van der Waals surface area (Å²) >= 11 is 0. The lowest BCUT2D eigenvalue weighted by atomic mass is 10.2. The first-order valence-corrected chi connectivity index (χ1v) is 7.51. The van der Waals surface area contributed by atoms with Crippen LogP contribution in [-0.4, -0.2) is 46.0 Å². The van der Waals surface area contributed by atoms with Gasteiger partial charge in [0.25, 0.3) is 0 Å². The second-order valence-electron chi connectivity index (χ2n) is 5.65. The van der Waals surface area contributed by atoms with E-state index in [-0.39, 0.29) is 5.82 Å². The highest BCUT2D eigenvalue weighted by atomic mass is 19.1. The SMILES string of the molecule is Cc1cc(C)nc(N2CCN(Cc3ncccc3F)CC2)n1. The maximum absolute atomic E-state index is 13.7. The summed E-state index contributed by atoms with van der Waals surface area (Å²) in [4.78, 5) is 17.5. The van der Waals surface area contributed by atoms with E-state index < -0.39 is 0 Å². The number of hydrogen-bond donors (Lipinski definition) is 0. The van der Waals surface area contributed by atoms with E-state index in [1.807, 2.05) is 19.9 Å². The summed E-state index contributed by atoms with van der Waals surface area (Å²) in [5.74, 6) is 0.559. The van der Waals surface area contributed by atoms with Crippen molar-refractivity contribution in [2.45, 2.75) is 20.4 Å². The summed E-state index contributed by atoms with van der Waals surface area (Å²) in [5.41, 5.74) is 2.49. The number of rotatable bonds is 3. The number of hydrogen-bond acceptors (Lipinski definition) is 5. The van der Waals surface area contributed by atoms with Crippen molar-refractivity contribution in [1.82, 2.24) is 19.9 Å². The molecule has 22 heavy (non-hydrogen) atoms. The fourth-order valence-corrected chi connectivity index (χ4v) is 2.70. The van der Waals surface area contributed by atoms with E-state index in [0.717, 1.165) is 43.5 Å². The summed E-state index contributed by atoms with van der Waals surface area (Å²) in [6, 6.07) is 5.06. The molecule has 1 fully saturated rings. The predicted molar refractivity (Wildman–Crippen MR) is 83.2 cm³/mol. The molecule has 0 bridgehead atoms. The first-order chi connectivity index (χ1) is 10.6. The van der Waals surface area contributed by atoms with E-state index >= 15 is 0 Å². The third-order valence-corrected chi connectivity index (χ3v) is 3.83. The van der Waals surface area contributed by atoms with Crippen molar-refractivity contribution in [2.75, 3.05) is 31.1 Å². The van der Waals surface area contributed by atoms with Gasteiger partial charge in [0.2, 0.25) is 5.95 Å². The Balaban J connectivity index is 1.62. The fourth-order valence-electron chi connectivity index (χ4n) is 2.70. The molecular weight excluding hydrogens is 281 g/mol. The van der Waals surface area contributed by atoms with Gasteiger partial charge >= 0.3 is 0 Å². The number of nitrogens with zero attached hydrogens (tertiary/aromatic N) is 5. The minimum atomic E-state index is -0.234. The smallest absolute Gasteiger partial charge is 0.225 e. The Morgan fingerprint density at radius 1 is 1.09 bits per heavy atom. The van der Waals surface area contributed by atoms with Crippen molar-refractivity contribution in [3.05, 3.63) is 47.3 Å². The van der Waals surface area contributed by atoms with E-state index in [2.05, 4.69) is 24.8 Å². The predicted octanol–water partition coefficient (Wildman–Crippen LogP) is 1.95. The number of pyridine rings is 1. The Bertz CT molecular complexity index is 632. The molecule has 0 saturated carbocycles. The lowest BCUT2D eigenvalue weighted by molar-refractivity contribution is 0.242. The van der Waals surface area contributed by atoms with Crippen LogP contribution in [-0.2, 0) is 6.54 Å². The number of halogens is 1. The quantitative estimate of drug-likeness (QED) is 0.867. The first-order valence-electron chi connectivity index (χ1n) is 7.51. The van der Waals surface area contributed by atoms with E-state index in [0.29, 0.717) is 12.2 Å². The molecule has 1 aliphatic heterocycles. The maximum Gasteiger partial charge on any atom is 0.225 e. The Morgan fingerprint density at radius 2 is 1.77 bits per heavy atom. The number of piperazine rings is 1. The molecule has 0 amide bonds. The zero-order valence-electron chi connectivity index (χ0n) is 13.0. The van der Waals surface area contributed by atoms with Gasteiger partial charge in [0.1, 0.15) is 5.82 Å². The molecular formula is C16H20FN5. The summed E-state index contributed by atoms with van der Waals surface area (Å²) in [6.45, 7) is 7.91. The average molecular weight is 301 g/mol. The van der Waals surface area contributed by atoms with Crippen molar-refractivity contribution in [3.8, 4) is 0 Å². The second kappa shape index (κ2) is 6.36. The summed E-state index contributed by atoms with van der Waals surface area (Å²) in [5, 5.41) is 0. The van der Waals surface area contributed by atoms with Gasteiger partial charge in [-0.15, -0.1) is 0 Å². The Kier molecular flexibility index (Phi) is 4.29. The van der Waals surface area contributed by atoms with Gasteiger partial charge in [-0.2, -0.15) is 0 Å². The van der Waals surface area contributed by atoms with Crippen LogP contribution in [0.15, 0.2) is 24.4 Å². The third kappa shape index (κ3) is 3.39. The Hall–Kier alpha value is -2.08. The number of aromatic nitrogens is 3. The molecule has 3 heterocycles. The van der Waals surface area contributed by atoms with Gasteiger partial charge < -0.3 is 4.90 Å². The normalized spacial score (nSPS) is 16.0. The van der Waals surface area contributed by atoms with E-state index in [4.69, 9.17) is 0 Å². The third-order valence-electron chi connectivity index (χ3n) is 3.83. The van der Waals surface area contributed by atoms with Crippen LogP contribution in [0.25, 0.3) is 0 Å². The zero-order valence-corrected chi connectivity index (χ0v) is 13.0. The molecule has 6 heteroatoms. The van der Waals surface area contributed by atoms with Gasteiger partial charge in [-0.1, -0.05) is 0 Å². The van der Waals surface area contributed by atoms with Gasteiger partial charge in [-0.3, -0.25) is 9.88 Å². The van der Waals surface area contributed by atoms with Crippen molar-refractivity contribution in [2.24, 2.45) is 0 Å². The molecule has 5 nitrogen and oxygen atoms in total. The molecule has 2 aromatic heterocycles. The van der Waals surface area contributed by atoms with Crippen LogP contribution in [0.4, 0.5) is 10.3 Å². The van der Waals surface area contributed by atoms with E-state index in [1.165, 1.54) is 6.07 Å². The average Bonchev–Trinajstić information content (AvgIpc) is 2.49. The summed E-state index contributed by atoms with van der Waals surface area (Å²) < 4.78 is 13.7. The topological polar surface area (TPSA) is 45.2 Å². The molecule has 0 atom stereocenters. The van der Waals surface area contributed by atoms with Crippen molar-refractivity contribution in [1.29, 1.82) is 0 Å². The van der Waals surface area contributed by atoms with Crippen LogP contribution < -0.4 is 4.90 Å². The monoisotopic (exact) mass is 301 g/mol. The highest BCUT2D eigenvalue weighted by Crippen LogP contribution is 2.14. The molecule has 0 spiro atoms. The van der Waals surface area contributed by atoms with E-state index in [1.54, 1.807) is 12.3 Å². The molecule has 0 aromatic carbocycles. The lowest BCUT2D eigenvalue weighted by Crippen LogP contribution is -2.46. The molecule has 2 aromatic rings. The van der Waals surface area contributed by atoms with Crippen LogP contribution in [0.2, 0.25) is 0 Å². The lowest BCUT2D eigenvalue weighted by Gasteiger charge is -2.34. The standard InChI is InChI=1S/C16H20FN5/c1-12-10-13(2)20-16(19-12)22-8-6-21(7-9-22)11-15-14(17)4-3-5-18-15/h3-5,10H,6-9,11H2,1-2H3. The minimum absolute atomic E-state index is 0.234. The van der Waals surface area contributed by atoms with Crippen molar-refractivity contribution < 1.29 is 4.39 Å². The summed E-state index contributed by atoms with van der Waals surface area (Å²) in [7, 11) is 0. The molecule has 0 radical (unpaired) electrons. The molecule has 3 rings (SSSR count). The molecule has 1 aliphatic rings. The van der Waals surface area contributed by atoms with Gasteiger partial charge in [0, 0.05) is 50.3 Å². The van der Waals surface area contributed by atoms with Gasteiger partial charge in [-0.05, 0) is 32.0 Å². The first kappa shape index (κ1) is 14.8. The highest BCUT2D eigenvalue weighted by Gasteiger charge is 2.20. The minimum Gasteiger partial charge on any atom is -0.338 e. The highest BCUT2D eigenvalue weighted by molar-refractivity contribution is 5.32. The fraction of sp³-hybridized carbons (Fsp3) is 0.438. The van der Waals surface area contributed by atoms with Crippen LogP contribution >= 0.6 is 0 Å². The molecule has 0 N–H and O–H groups in total. The van der Waals surface area contributed by atoms with Gasteiger partial charge in [0.05, 0.1) is 5.69 Å². The number of anilines is 1. The Labute approximate surface area is 129 Å².